The van der Waals surface area contributed by atoms with Crippen LogP contribution >= 0.6 is 0 Å². The van der Waals surface area contributed by atoms with Gasteiger partial charge in [0.2, 0.25) is 0 Å². The van der Waals surface area contributed by atoms with E-state index in [4.69, 9.17) is 9.97 Å². The molecule has 0 unspecified atom stereocenters. The van der Waals surface area contributed by atoms with Gasteiger partial charge in [0.05, 0.1) is 16.6 Å². The summed E-state index contributed by atoms with van der Waals surface area (Å²) < 4.78 is 2.18. The second-order valence-corrected chi connectivity index (χ2v) is 15.8. The number of phenols is 1. The van der Waals surface area contributed by atoms with E-state index in [0.717, 1.165) is 56.7 Å². The predicted octanol–water partition coefficient (Wildman–Crippen LogP) is 13.8. The van der Waals surface area contributed by atoms with E-state index in [0.29, 0.717) is 11.4 Å². The molecule has 0 radical (unpaired) electrons. The van der Waals surface area contributed by atoms with Crippen LogP contribution in [0.5, 0.6) is 5.75 Å². The zero-order valence-corrected chi connectivity index (χ0v) is 35.8. The van der Waals surface area contributed by atoms with Crippen molar-refractivity contribution < 1.29 is 26.2 Å². The minimum atomic E-state index is -0.144. The Labute approximate surface area is 361 Å². The summed E-state index contributed by atoms with van der Waals surface area (Å²) in [4.78, 5) is 10.3. The number of phenolic OH excluding ortho intramolecular Hbond substituents is 1. The van der Waals surface area contributed by atoms with Crippen LogP contribution in [0, 0.1) is 6.07 Å². The Morgan fingerprint density at radius 2 is 1.20 bits per heavy atom. The fourth-order valence-corrected chi connectivity index (χ4v) is 7.86. The van der Waals surface area contributed by atoms with E-state index in [1.165, 1.54) is 33.4 Å². The summed E-state index contributed by atoms with van der Waals surface area (Å²) in [6, 6.07) is 62.6. The van der Waals surface area contributed by atoms with Crippen molar-refractivity contribution >= 4 is 11.0 Å². The fourth-order valence-electron chi connectivity index (χ4n) is 7.86. The van der Waals surface area contributed by atoms with Crippen molar-refractivity contribution in [3.8, 4) is 78.6 Å². The number of imidazole rings is 1. The Bertz CT molecular complexity index is 2910. The van der Waals surface area contributed by atoms with Gasteiger partial charge in [0.1, 0.15) is 11.6 Å². The Hall–Kier alpha value is -6.35. The summed E-state index contributed by atoms with van der Waals surface area (Å²) in [5, 5.41) is 11.2. The van der Waals surface area contributed by atoms with Crippen LogP contribution in [0.1, 0.15) is 38.8 Å². The molecule has 0 aliphatic carbocycles. The number of fused-ring (bicyclic) bond motifs is 1. The van der Waals surface area contributed by atoms with Gasteiger partial charge in [0, 0.05) is 38.6 Å². The van der Waals surface area contributed by atoms with E-state index in [9.17, 15) is 5.11 Å². The molecule has 0 aliphatic heterocycles. The average Bonchev–Trinajstić information content (AvgIpc) is 3.66. The van der Waals surface area contributed by atoms with E-state index in [2.05, 4.69) is 178 Å². The second kappa shape index (κ2) is 16.5. The topological polar surface area (TPSA) is 50.9 Å². The quantitative estimate of drug-likeness (QED) is 0.154. The molecule has 9 rings (SSSR count). The van der Waals surface area contributed by atoms with Crippen LogP contribution in [0.4, 0.5) is 0 Å². The number of para-hydroxylation sites is 2. The number of hydrogen-bond donors (Lipinski definition) is 1. The van der Waals surface area contributed by atoms with Crippen molar-refractivity contribution in [2.45, 2.75) is 39.5 Å². The van der Waals surface area contributed by atoms with Gasteiger partial charge in [-0.2, -0.15) is 0 Å². The van der Waals surface area contributed by atoms with Gasteiger partial charge in [0.15, 0.2) is 0 Å². The zero-order valence-electron chi connectivity index (χ0n) is 33.6. The summed E-state index contributed by atoms with van der Waals surface area (Å²) in [5.41, 5.74) is 16.4. The average molecular weight is 946 g/mol. The Kier molecular flexibility index (Phi) is 11.0. The van der Waals surface area contributed by atoms with Crippen LogP contribution in [0.2, 0.25) is 0 Å². The maximum absolute atomic E-state index is 11.2. The molecule has 2 aromatic heterocycles. The number of hydrogen-bond acceptors (Lipinski definition) is 3. The van der Waals surface area contributed by atoms with Crippen LogP contribution in [-0.4, -0.2) is 19.6 Å². The van der Waals surface area contributed by atoms with Crippen LogP contribution in [-0.2, 0) is 32.9 Å². The molecule has 4 nitrogen and oxygen atoms in total. The Morgan fingerprint density at radius 3 is 1.90 bits per heavy atom. The Balaban J connectivity index is 0.00000484. The molecular formula is C54H44N3OPt-. The molecule has 0 aliphatic rings. The fraction of sp³-hybridized carbons (Fsp3) is 0.111. The third-order valence-electron chi connectivity index (χ3n) is 11.0. The molecule has 5 heteroatoms. The maximum Gasteiger partial charge on any atom is 0.148 e. The minimum absolute atomic E-state index is 0. The van der Waals surface area contributed by atoms with E-state index in [-0.39, 0.29) is 32.2 Å². The van der Waals surface area contributed by atoms with Gasteiger partial charge in [-0.1, -0.05) is 160 Å². The van der Waals surface area contributed by atoms with E-state index in [1.807, 2.05) is 30.5 Å². The summed E-state index contributed by atoms with van der Waals surface area (Å²) in [6.45, 7) is 8.92. The van der Waals surface area contributed by atoms with E-state index < -0.39 is 0 Å². The van der Waals surface area contributed by atoms with Crippen LogP contribution in [0.3, 0.4) is 0 Å². The van der Waals surface area contributed by atoms with Crippen molar-refractivity contribution in [3.63, 3.8) is 0 Å². The second-order valence-electron chi connectivity index (χ2n) is 15.8. The van der Waals surface area contributed by atoms with E-state index in [1.54, 1.807) is 6.07 Å². The molecule has 59 heavy (non-hydrogen) atoms. The number of aromatic hydroxyl groups is 1. The first-order valence-corrected chi connectivity index (χ1v) is 19.9. The van der Waals surface area contributed by atoms with E-state index >= 15 is 0 Å². The van der Waals surface area contributed by atoms with Crippen molar-refractivity contribution in [1.82, 2.24) is 14.5 Å². The molecule has 0 saturated carbocycles. The monoisotopic (exact) mass is 945 g/mol. The number of benzene rings is 7. The third-order valence-corrected chi connectivity index (χ3v) is 11.0. The number of aryl methyl sites for hydroxylation is 1. The maximum atomic E-state index is 11.2. The smallest absolute Gasteiger partial charge is 0.148 e. The zero-order chi connectivity index (χ0) is 39.8. The number of nitrogens with zero attached hydrogens (tertiary/aromatic N) is 3. The third kappa shape index (κ3) is 7.81. The molecule has 2 heterocycles. The summed E-state index contributed by atoms with van der Waals surface area (Å²) in [6.07, 6.45) is 2.76. The first kappa shape index (κ1) is 39.5. The largest absolute Gasteiger partial charge is 0.507 e. The normalized spacial score (nSPS) is 11.4. The molecule has 0 spiro atoms. The van der Waals surface area contributed by atoms with Crippen LogP contribution < -0.4 is 0 Å². The molecule has 0 fully saturated rings. The number of pyridine rings is 1. The molecule has 1 N–H and O–H groups in total. The molecule has 9 aromatic rings. The minimum Gasteiger partial charge on any atom is -0.507 e. The van der Waals surface area contributed by atoms with Gasteiger partial charge in [0.25, 0.3) is 0 Å². The molecule has 0 bridgehead atoms. The standard InChI is InChI=1S/C54H44N3O.Pt/c1-5-36-34-45(27-28-46(36)40-17-10-7-11-18-40)57-50-21-14-20-47(52(50)56-53(57)48-19-12-13-22-51(48)58)42-31-43(33-44(32-42)54(2,3)4)49-35-41(29-30-55-49)39-25-23-38(24-26-39)37-15-8-6-9-16-37;/h6-30,32-35,58H,5H2,1-4H3;/q-1;. The summed E-state index contributed by atoms with van der Waals surface area (Å²) in [7, 11) is 0. The van der Waals surface area contributed by atoms with Crippen molar-refractivity contribution in [3.05, 3.63) is 193 Å². The SMILES string of the molecule is CCc1cc(-n2c(-c3ccccc3O)nc3c(-c4[c-]c(-c5cc(-c6ccc(-c7ccccc7)cc6)ccn5)cc(C(C)(C)C)c4)cccc32)ccc1-c1ccccc1.[Pt]. The summed E-state index contributed by atoms with van der Waals surface area (Å²) in [5.74, 6) is 0.858. The molecule has 7 aromatic carbocycles. The molecule has 292 valence electrons. The first-order chi connectivity index (χ1) is 28.2. The van der Waals surface area contributed by atoms with Crippen molar-refractivity contribution in [1.29, 1.82) is 0 Å². The van der Waals surface area contributed by atoms with Gasteiger partial charge in [-0.05, 0) is 87.2 Å². The Morgan fingerprint density at radius 1 is 0.576 bits per heavy atom. The van der Waals surface area contributed by atoms with Gasteiger partial charge >= 0.3 is 0 Å². The first-order valence-electron chi connectivity index (χ1n) is 19.9. The number of aromatic nitrogens is 3. The van der Waals surface area contributed by atoms with Crippen LogP contribution in [0.25, 0.3) is 83.9 Å². The molecular weight excluding hydrogens is 902 g/mol. The van der Waals surface area contributed by atoms with Crippen molar-refractivity contribution in [2.75, 3.05) is 0 Å². The molecule has 0 saturated heterocycles. The predicted molar refractivity (Wildman–Crippen MR) is 240 cm³/mol. The van der Waals surface area contributed by atoms with Gasteiger partial charge in [-0.25, -0.2) is 4.98 Å². The van der Waals surface area contributed by atoms with Gasteiger partial charge < -0.3 is 5.11 Å². The van der Waals surface area contributed by atoms with Gasteiger partial charge in [-0.3, -0.25) is 9.55 Å². The molecule has 0 amide bonds. The molecule has 0 atom stereocenters. The summed E-state index contributed by atoms with van der Waals surface area (Å²) >= 11 is 0. The number of rotatable bonds is 8. The van der Waals surface area contributed by atoms with Crippen LogP contribution in [0.15, 0.2) is 176 Å². The van der Waals surface area contributed by atoms with Crippen molar-refractivity contribution in [2.24, 2.45) is 0 Å². The van der Waals surface area contributed by atoms with Gasteiger partial charge in [-0.15, -0.1) is 29.3 Å².